The highest BCUT2D eigenvalue weighted by atomic mass is 16.5. The molecule has 0 spiro atoms. The van der Waals surface area contributed by atoms with Gasteiger partial charge in [-0.2, -0.15) is 0 Å². The van der Waals surface area contributed by atoms with Crippen LogP contribution in [-0.2, 0) is 4.74 Å². The Morgan fingerprint density at radius 1 is 1.13 bits per heavy atom. The van der Waals surface area contributed by atoms with Crippen molar-refractivity contribution in [2.24, 2.45) is 5.92 Å². The van der Waals surface area contributed by atoms with Gasteiger partial charge in [0, 0.05) is 13.2 Å². The van der Waals surface area contributed by atoms with E-state index in [1.165, 1.54) is 32.5 Å². The summed E-state index contributed by atoms with van der Waals surface area (Å²) in [4.78, 5) is 2.52. The van der Waals surface area contributed by atoms with E-state index in [0.29, 0.717) is 0 Å². The summed E-state index contributed by atoms with van der Waals surface area (Å²) < 4.78 is 5.57. The minimum atomic E-state index is 0.828. The van der Waals surface area contributed by atoms with Gasteiger partial charge in [0.2, 0.25) is 0 Å². The van der Waals surface area contributed by atoms with Crippen LogP contribution in [0.25, 0.3) is 0 Å². The van der Waals surface area contributed by atoms with Crippen LogP contribution >= 0.6 is 0 Å². The number of ether oxygens (including phenoxy) is 1. The lowest BCUT2D eigenvalue weighted by Gasteiger charge is -2.30. The van der Waals surface area contributed by atoms with Gasteiger partial charge < -0.3 is 9.64 Å². The Morgan fingerprint density at radius 3 is 2.20 bits per heavy atom. The second-order valence-corrected chi connectivity index (χ2v) is 3.95. The van der Waals surface area contributed by atoms with Crippen molar-refractivity contribution >= 4 is 0 Å². The summed E-state index contributed by atoms with van der Waals surface area (Å²) >= 11 is 0. The predicted octanol–water partition coefficient (Wildman–Crippen LogP) is 3.17. The van der Waals surface area contributed by atoms with Crippen molar-refractivity contribution < 1.29 is 4.74 Å². The first-order valence-corrected chi connectivity index (χ1v) is 6.66. The Balaban J connectivity index is 0.000000921. The predicted molar refractivity (Wildman–Crippen MR) is 67.3 cm³/mol. The molecule has 0 unspecified atom stereocenters. The van der Waals surface area contributed by atoms with Crippen LogP contribution in [0.4, 0.5) is 0 Å². The molecule has 0 saturated carbocycles. The smallest absolute Gasteiger partial charge is 0.0495 e. The van der Waals surface area contributed by atoms with Gasteiger partial charge in [0.1, 0.15) is 0 Å². The third-order valence-electron chi connectivity index (χ3n) is 2.86. The molecule has 0 aromatic rings. The lowest BCUT2D eigenvalue weighted by atomic mass is 9.98. The van der Waals surface area contributed by atoms with Gasteiger partial charge in [0.15, 0.2) is 0 Å². The largest absolute Gasteiger partial charge is 0.381 e. The van der Waals surface area contributed by atoms with Gasteiger partial charge in [-0.05, 0) is 44.8 Å². The van der Waals surface area contributed by atoms with Crippen molar-refractivity contribution in [3.63, 3.8) is 0 Å². The van der Waals surface area contributed by atoms with Gasteiger partial charge in [-0.1, -0.05) is 27.7 Å². The van der Waals surface area contributed by atoms with Crippen molar-refractivity contribution in [3.05, 3.63) is 0 Å². The van der Waals surface area contributed by atoms with Crippen LogP contribution in [0.15, 0.2) is 0 Å². The molecule has 0 aliphatic carbocycles. The fourth-order valence-electron chi connectivity index (χ4n) is 1.86. The van der Waals surface area contributed by atoms with E-state index in [4.69, 9.17) is 4.74 Å². The number of piperidine rings is 1. The quantitative estimate of drug-likeness (QED) is 0.653. The normalized spacial score (nSPS) is 18.4. The topological polar surface area (TPSA) is 12.5 Å². The molecule has 15 heavy (non-hydrogen) atoms. The van der Waals surface area contributed by atoms with E-state index < -0.39 is 0 Å². The Morgan fingerprint density at radius 2 is 1.73 bits per heavy atom. The van der Waals surface area contributed by atoms with Crippen molar-refractivity contribution in [2.45, 2.75) is 47.0 Å². The molecule has 1 fully saturated rings. The number of hydrogen-bond donors (Lipinski definition) is 0. The van der Waals surface area contributed by atoms with E-state index in [1.54, 1.807) is 0 Å². The first kappa shape index (κ1) is 14.9. The summed E-state index contributed by atoms with van der Waals surface area (Å²) in [6.45, 7) is 14.1. The highest BCUT2D eigenvalue weighted by Crippen LogP contribution is 2.16. The maximum atomic E-state index is 5.57. The second kappa shape index (κ2) is 10.4. The van der Waals surface area contributed by atoms with Gasteiger partial charge in [-0.25, -0.2) is 0 Å². The average molecular weight is 215 g/mol. The van der Waals surface area contributed by atoms with Gasteiger partial charge in [-0.3, -0.25) is 0 Å². The van der Waals surface area contributed by atoms with E-state index in [-0.39, 0.29) is 0 Å². The van der Waals surface area contributed by atoms with Crippen LogP contribution in [-0.4, -0.2) is 37.7 Å². The fourth-order valence-corrected chi connectivity index (χ4v) is 1.86. The number of likely N-dealkylation sites (tertiary alicyclic amines) is 1. The lowest BCUT2D eigenvalue weighted by molar-refractivity contribution is 0.0686. The van der Waals surface area contributed by atoms with Crippen LogP contribution in [0.3, 0.4) is 0 Å². The van der Waals surface area contributed by atoms with Crippen molar-refractivity contribution in [1.29, 1.82) is 0 Å². The van der Waals surface area contributed by atoms with Crippen LogP contribution in [0.1, 0.15) is 47.0 Å². The molecule has 1 saturated heterocycles. The van der Waals surface area contributed by atoms with Crippen LogP contribution in [0, 0.1) is 5.92 Å². The monoisotopic (exact) mass is 215 g/mol. The van der Waals surface area contributed by atoms with Crippen LogP contribution < -0.4 is 0 Å². The molecule has 0 N–H and O–H groups in total. The van der Waals surface area contributed by atoms with Crippen molar-refractivity contribution in [2.75, 3.05) is 32.8 Å². The molecule has 0 radical (unpaired) electrons. The Kier molecular flexibility index (Phi) is 10.4. The molecule has 1 aliphatic heterocycles. The first-order chi connectivity index (χ1) is 7.36. The van der Waals surface area contributed by atoms with E-state index >= 15 is 0 Å². The molecule has 1 heterocycles. The van der Waals surface area contributed by atoms with E-state index in [0.717, 1.165) is 25.6 Å². The van der Waals surface area contributed by atoms with Crippen molar-refractivity contribution in [1.82, 2.24) is 4.90 Å². The Hall–Kier alpha value is -0.0800. The number of hydrogen-bond acceptors (Lipinski definition) is 2. The molecule has 0 atom stereocenters. The maximum Gasteiger partial charge on any atom is 0.0495 e. The first-order valence-electron chi connectivity index (χ1n) is 6.66. The van der Waals surface area contributed by atoms with Gasteiger partial charge in [0.25, 0.3) is 0 Å². The second-order valence-electron chi connectivity index (χ2n) is 3.95. The zero-order valence-corrected chi connectivity index (χ0v) is 11.1. The third kappa shape index (κ3) is 6.91. The summed E-state index contributed by atoms with van der Waals surface area (Å²) in [7, 11) is 0. The molecule has 92 valence electrons. The average Bonchev–Trinajstić information content (AvgIpc) is 2.33. The summed E-state index contributed by atoms with van der Waals surface area (Å²) in [5, 5.41) is 0. The van der Waals surface area contributed by atoms with Gasteiger partial charge >= 0.3 is 0 Å². The standard InChI is InChI=1S/C11H23NO.C2H6/c1-3-9-13-10-11-5-7-12(4-2)8-6-11;1-2/h11H,3-10H2,1-2H3;1-2H3. The zero-order valence-electron chi connectivity index (χ0n) is 11.1. The molecule has 1 rings (SSSR count). The minimum Gasteiger partial charge on any atom is -0.381 e. The Labute approximate surface area is 96.0 Å². The third-order valence-corrected chi connectivity index (χ3v) is 2.86. The molecule has 0 aromatic heterocycles. The van der Waals surface area contributed by atoms with Crippen LogP contribution in [0.2, 0.25) is 0 Å². The molecule has 2 nitrogen and oxygen atoms in total. The van der Waals surface area contributed by atoms with E-state index in [9.17, 15) is 0 Å². The summed E-state index contributed by atoms with van der Waals surface area (Å²) in [5.74, 6) is 0.828. The minimum absolute atomic E-state index is 0.828. The molecular weight excluding hydrogens is 186 g/mol. The molecule has 0 amide bonds. The SMILES string of the molecule is CC.CCCOCC1CCN(CC)CC1. The van der Waals surface area contributed by atoms with Crippen LogP contribution in [0.5, 0.6) is 0 Å². The van der Waals surface area contributed by atoms with Crippen molar-refractivity contribution in [3.8, 4) is 0 Å². The lowest BCUT2D eigenvalue weighted by Crippen LogP contribution is -2.34. The molecule has 1 aliphatic rings. The van der Waals surface area contributed by atoms with Gasteiger partial charge in [-0.15, -0.1) is 0 Å². The highest BCUT2D eigenvalue weighted by molar-refractivity contribution is 4.70. The summed E-state index contributed by atoms with van der Waals surface area (Å²) in [5.41, 5.74) is 0. The molecule has 2 heteroatoms. The maximum absolute atomic E-state index is 5.57. The van der Waals surface area contributed by atoms with E-state index in [1.807, 2.05) is 13.8 Å². The molecule has 0 bridgehead atoms. The van der Waals surface area contributed by atoms with E-state index in [2.05, 4.69) is 18.7 Å². The zero-order chi connectivity index (χ0) is 11.5. The summed E-state index contributed by atoms with van der Waals surface area (Å²) in [6, 6.07) is 0. The molecular formula is C13H29NO. The summed E-state index contributed by atoms with van der Waals surface area (Å²) in [6.07, 6.45) is 3.81. The number of nitrogens with zero attached hydrogens (tertiary/aromatic N) is 1. The molecule has 0 aromatic carbocycles. The Bertz CT molecular complexity index is 117. The number of rotatable bonds is 5. The van der Waals surface area contributed by atoms with Gasteiger partial charge in [0.05, 0.1) is 0 Å². The fraction of sp³-hybridized carbons (Fsp3) is 1.00. The highest BCUT2D eigenvalue weighted by Gasteiger charge is 2.17.